The summed E-state index contributed by atoms with van der Waals surface area (Å²) in [6.07, 6.45) is 0.539. The van der Waals surface area contributed by atoms with Crippen molar-refractivity contribution in [2.45, 2.75) is 20.3 Å². The van der Waals surface area contributed by atoms with Crippen molar-refractivity contribution < 1.29 is 9.53 Å². The van der Waals surface area contributed by atoms with Gasteiger partial charge in [0.1, 0.15) is 5.75 Å². The molecule has 0 saturated carbocycles. The van der Waals surface area contributed by atoms with Gasteiger partial charge in [0, 0.05) is 25.1 Å². The minimum Gasteiger partial charge on any atom is -0.497 e. The van der Waals surface area contributed by atoms with Gasteiger partial charge in [-0.15, -0.1) is 0 Å². The summed E-state index contributed by atoms with van der Waals surface area (Å²) >= 11 is 4.89. The predicted molar refractivity (Wildman–Crippen MR) is 85.1 cm³/mol. The molecule has 1 aromatic carbocycles. The van der Waals surface area contributed by atoms with Gasteiger partial charge in [-0.3, -0.25) is 4.79 Å². The zero-order chi connectivity index (χ0) is 15.1. The number of hydrogen-bond acceptors (Lipinski definition) is 3. The van der Waals surface area contributed by atoms with Gasteiger partial charge in [0.15, 0.2) is 0 Å². The van der Waals surface area contributed by atoms with E-state index in [1.807, 2.05) is 12.1 Å². The van der Waals surface area contributed by atoms with Crippen LogP contribution in [0.5, 0.6) is 5.75 Å². The van der Waals surface area contributed by atoms with Crippen LogP contribution in [0.25, 0.3) is 0 Å². The van der Waals surface area contributed by atoms with Gasteiger partial charge in [0.25, 0.3) is 5.91 Å². The minimum absolute atomic E-state index is 0.0196. The van der Waals surface area contributed by atoms with Crippen LogP contribution in [0.2, 0.25) is 0 Å². The minimum atomic E-state index is -0.0196. The van der Waals surface area contributed by atoms with Crippen LogP contribution in [0.15, 0.2) is 24.3 Å². The maximum atomic E-state index is 12.5. The Bertz CT molecular complexity index is 475. The van der Waals surface area contributed by atoms with Gasteiger partial charge in [0.05, 0.1) is 12.1 Å². The van der Waals surface area contributed by atoms with Gasteiger partial charge in [-0.25, -0.2) is 0 Å². The number of methoxy groups -OCH3 is 1. The summed E-state index contributed by atoms with van der Waals surface area (Å²) in [6.45, 7) is 5.38. The molecule has 0 radical (unpaired) electrons. The quantitative estimate of drug-likeness (QED) is 0.785. The molecule has 0 spiro atoms. The SMILES string of the molecule is COc1cccc(C(=O)N(CCC(N)=S)CC(C)C)c1. The lowest BCUT2D eigenvalue weighted by atomic mass is 10.1. The Morgan fingerprint density at radius 2 is 2.15 bits per heavy atom. The lowest BCUT2D eigenvalue weighted by molar-refractivity contribution is 0.0741. The van der Waals surface area contributed by atoms with Crippen LogP contribution in [-0.2, 0) is 0 Å². The van der Waals surface area contributed by atoms with Gasteiger partial charge in [0.2, 0.25) is 0 Å². The van der Waals surface area contributed by atoms with E-state index >= 15 is 0 Å². The number of amides is 1. The van der Waals surface area contributed by atoms with Crippen molar-refractivity contribution in [3.63, 3.8) is 0 Å². The van der Waals surface area contributed by atoms with Crippen LogP contribution in [0.4, 0.5) is 0 Å². The standard InChI is InChI=1S/C15H22N2O2S/c1-11(2)10-17(8-7-14(16)20)15(18)12-5-4-6-13(9-12)19-3/h4-6,9,11H,7-8,10H2,1-3H3,(H2,16,20). The summed E-state index contributed by atoms with van der Waals surface area (Å²) < 4.78 is 5.15. The molecule has 0 aliphatic carbocycles. The summed E-state index contributed by atoms with van der Waals surface area (Å²) in [5.74, 6) is 1.04. The zero-order valence-corrected chi connectivity index (χ0v) is 13.1. The summed E-state index contributed by atoms with van der Waals surface area (Å²) in [6, 6.07) is 7.17. The maximum absolute atomic E-state index is 12.5. The van der Waals surface area contributed by atoms with Gasteiger partial charge in [-0.1, -0.05) is 32.1 Å². The number of ether oxygens (including phenoxy) is 1. The van der Waals surface area contributed by atoms with Crippen LogP contribution in [0.3, 0.4) is 0 Å². The van der Waals surface area contributed by atoms with Gasteiger partial charge < -0.3 is 15.4 Å². The third kappa shape index (κ3) is 5.17. The second-order valence-corrected chi connectivity index (χ2v) is 5.62. The van der Waals surface area contributed by atoms with Crippen molar-refractivity contribution in [1.82, 2.24) is 4.90 Å². The number of nitrogens with zero attached hydrogens (tertiary/aromatic N) is 1. The molecule has 0 aliphatic rings. The fourth-order valence-corrected chi connectivity index (χ4v) is 1.99. The molecule has 20 heavy (non-hydrogen) atoms. The Balaban J connectivity index is 2.87. The van der Waals surface area contributed by atoms with Crippen molar-refractivity contribution in [3.05, 3.63) is 29.8 Å². The van der Waals surface area contributed by atoms with E-state index in [4.69, 9.17) is 22.7 Å². The zero-order valence-electron chi connectivity index (χ0n) is 12.3. The molecule has 2 N–H and O–H groups in total. The Morgan fingerprint density at radius 3 is 2.70 bits per heavy atom. The monoisotopic (exact) mass is 294 g/mol. The number of carbonyl (C=O) groups is 1. The van der Waals surface area contributed by atoms with Crippen molar-refractivity contribution >= 4 is 23.1 Å². The van der Waals surface area contributed by atoms with E-state index in [2.05, 4.69) is 13.8 Å². The van der Waals surface area contributed by atoms with E-state index < -0.39 is 0 Å². The van der Waals surface area contributed by atoms with Crippen molar-refractivity contribution in [3.8, 4) is 5.75 Å². The fraction of sp³-hybridized carbons (Fsp3) is 0.467. The fourth-order valence-electron chi connectivity index (χ4n) is 1.90. The van der Waals surface area contributed by atoms with E-state index in [0.29, 0.717) is 41.7 Å². The molecular weight excluding hydrogens is 272 g/mol. The molecule has 0 bridgehead atoms. The van der Waals surface area contributed by atoms with E-state index in [1.54, 1.807) is 24.1 Å². The largest absolute Gasteiger partial charge is 0.497 e. The molecule has 1 aromatic rings. The number of hydrogen-bond donors (Lipinski definition) is 1. The number of thiocarbonyl (C=S) groups is 1. The number of benzene rings is 1. The molecule has 0 aromatic heterocycles. The number of rotatable bonds is 7. The van der Waals surface area contributed by atoms with E-state index in [-0.39, 0.29) is 5.91 Å². The molecule has 1 amide bonds. The topological polar surface area (TPSA) is 55.6 Å². The van der Waals surface area contributed by atoms with Gasteiger partial charge in [-0.05, 0) is 24.1 Å². The lowest BCUT2D eigenvalue weighted by Gasteiger charge is -2.24. The molecule has 0 aliphatic heterocycles. The Morgan fingerprint density at radius 1 is 1.45 bits per heavy atom. The number of nitrogens with two attached hydrogens (primary N) is 1. The second-order valence-electron chi connectivity index (χ2n) is 5.09. The van der Waals surface area contributed by atoms with Crippen LogP contribution in [0.1, 0.15) is 30.6 Å². The summed E-state index contributed by atoms with van der Waals surface area (Å²) in [7, 11) is 1.59. The molecule has 0 heterocycles. The Labute approximate surface area is 125 Å². The summed E-state index contributed by atoms with van der Waals surface area (Å²) in [4.78, 5) is 14.8. The summed E-state index contributed by atoms with van der Waals surface area (Å²) in [5, 5.41) is 0. The Kier molecular flexibility index (Phi) is 6.45. The summed E-state index contributed by atoms with van der Waals surface area (Å²) in [5.41, 5.74) is 6.15. The molecule has 0 saturated heterocycles. The first kappa shape index (κ1) is 16.4. The molecule has 110 valence electrons. The van der Waals surface area contributed by atoms with Gasteiger partial charge >= 0.3 is 0 Å². The van der Waals surface area contributed by atoms with Crippen LogP contribution in [0, 0.1) is 5.92 Å². The maximum Gasteiger partial charge on any atom is 0.254 e. The first-order valence-corrected chi connectivity index (χ1v) is 7.06. The highest BCUT2D eigenvalue weighted by molar-refractivity contribution is 7.80. The lowest BCUT2D eigenvalue weighted by Crippen LogP contribution is -2.36. The molecule has 0 unspecified atom stereocenters. The normalized spacial score (nSPS) is 10.4. The highest BCUT2D eigenvalue weighted by Crippen LogP contribution is 2.15. The molecular formula is C15H22N2O2S. The van der Waals surface area contributed by atoms with Crippen LogP contribution < -0.4 is 10.5 Å². The smallest absolute Gasteiger partial charge is 0.254 e. The first-order chi connectivity index (χ1) is 9.43. The van der Waals surface area contributed by atoms with Crippen molar-refractivity contribution in [2.24, 2.45) is 11.7 Å². The molecule has 0 atom stereocenters. The predicted octanol–water partition coefficient (Wildman–Crippen LogP) is 2.47. The third-order valence-electron chi connectivity index (χ3n) is 2.82. The Hall–Kier alpha value is -1.62. The molecule has 4 nitrogen and oxygen atoms in total. The average Bonchev–Trinajstić information content (AvgIpc) is 2.42. The molecule has 5 heteroatoms. The number of carbonyl (C=O) groups excluding carboxylic acids is 1. The first-order valence-electron chi connectivity index (χ1n) is 6.65. The highest BCUT2D eigenvalue weighted by atomic mass is 32.1. The van der Waals surface area contributed by atoms with Crippen LogP contribution in [-0.4, -0.2) is 36.0 Å². The van der Waals surface area contributed by atoms with Crippen molar-refractivity contribution in [2.75, 3.05) is 20.2 Å². The second kappa shape index (κ2) is 7.85. The van der Waals surface area contributed by atoms with E-state index in [1.165, 1.54) is 0 Å². The van der Waals surface area contributed by atoms with Crippen LogP contribution >= 0.6 is 12.2 Å². The molecule has 0 fully saturated rings. The molecule has 1 rings (SSSR count). The van der Waals surface area contributed by atoms with E-state index in [9.17, 15) is 4.79 Å². The average molecular weight is 294 g/mol. The van der Waals surface area contributed by atoms with Gasteiger partial charge in [-0.2, -0.15) is 0 Å². The van der Waals surface area contributed by atoms with Crippen molar-refractivity contribution in [1.29, 1.82) is 0 Å². The van der Waals surface area contributed by atoms with E-state index in [0.717, 1.165) is 0 Å². The highest BCUT2D eigenvalue weighted by Gasteiger charge is 2.17. The third-order valence-corrected chi connectivity index (χ3v) is 3.02.